The zero-order chi connectivity index (χ0) is 30.9. The van der Waals surface area contributed by atoms with Crippen LogP contribution < -0.4 is 5.32 Å². The van der Waals surface area contributed by atoms with Crippen molar-refractivity contribution in [3.63, 3.8) is 0 Å². The number of fused-ring (bicyclic) bond motifs is 1. The fraction of sp³-hybridized carbons (Fsp3) is 0.385. The summed E-state index contributed by atoms with van der Waals surface area (Å²) < 4.78 is 39.1. The number of carbonyl (C=O) groups excluding carboxylic acids is 3. The van der Waals surface area contributed by atoms with Crippen molar-refractivity contribution in [2.45, 2.75) is 51.2 Å². The number of alkyl halides is 3. The summed E-state index contributed by atoms with van der Waals surface area (Å²) in [5.41, 5.74) is -0.00567. The number of rotatable bonds is 7. The summed E-state index contributed by atoms with van der Waals surface area (Å²) in [7, 11) is 1.30. The predicted molar refractivity (Wildman–Crippen MR) is 145 cm³/mol. The number of halogens is 5. The van der Waals surface area contributed by atoms with E-state index in [1.54, 1.807) is 4.90 Å². The van der Waals surface area contributed by atoms with Gasteiger partial charge in [-0.05, 0) is 32.0 Å². The maximum absolute atomic E-state index is 13.9. The van der Waals surface area contributed by atoms with Gasteiger partial charge in [0, 0.05) is 36.3 Å². The van der Waals surface area contributed by atoms with E-state index in [0.717, 1.165) is 11.1 Å². The lowest BCUT2D eigenvalue weighted by molar-refractivity contribution is -0.141. The molecule has 1 aromatic carbocycles. The van der Waals surface area contributed by atoms with Crippen molar-refractivity contribution in [2.24, 2.45) is 0 Å². The van der Waals surface area contributed by atoms with Crippen LogP contribution in [0.3, 0.4) is 0 Å². The first-order valence-corrected chi connectivity index (χ1v) is 13.4. The van der Waals surface area contributed by atoms with Crippen molar-refractivity contribution >= 4 is 40.9 Å². The molecule has 3 heterocycles. The molecule has 0 radical (unpaired) electrons. The average Bonchev–Trinajstić information content (AvgIpc) is 3.37. The molecule has 0 unspecified atom stereocenters. The van der Waals surface area contributed by atoms with E-state index in [9.17, 15) is 32.7 Å². The smallest absolute Gasteiger partial charge is 0.381 e. The number of likely N-dealkylation sites (N-methyl/N-ethyl adjacent to an activating group) is 1. The Morgan fingerprint density at radius 3 is 2.52 bits per heavy atom. The third kappa shape index (κ3) is 6.35. The summed E-state index contributed by atoms with van der Waals surface area (Å²) in [6.07, 6.45) is -4.64. The number of aliphatic hydroxyl groups excluding tert-OH is 1. The van der Waals surface area contributed by atoms with Crippen molar-refractivity contribution in [1.82, 2.24) is 35.3 Å². The molecular formula is C26H26Cl2F3N7O4. The van der Waals surface area contributed by atoms with Crippen LogP contribution >= 0.6 is 23.2 Å². The highest BCUT2D eigenvalue weighted by molar-refractivity contribution is 6.42. The molecule has 42 heavy (non-hydrogen) atoms. The molecule has 1 aliphatic heterocycles. The number of nitrogens with zero attached hydrogens (tertiary/aromatic N) is 5. The van der Waals surface area contributed by atoms with Gasteiger partial charge in [0.25, 0.3) is 11.8 Å². The van der Waals surface area contributed by atoms with Crippen LogP contribution in [0, 0.1) is 0 Å². The maximum atomic E-state index is 13.9. The Bertz CT molecular complexity index is 1500. The first kappa shape index (κ1) is 31.2. The third-order valence-electron chi connectivity index (χ3n) is 6.98. The largest absolute Gasteiger partial charge is 0.434 e. The molecule has 3 aromatic rings. The molecule has 0 bridgehead atoms. The number of hydrogen-bond donors (Lipinski definition) is 3. The molecular weight excluding hydrogens is 602 g/mol. The normalized spacial score (nSPS) is 16.4. The van der Waals surface area contributed by atoms with Crippen molar-refractivity contribution in [2.75, 3.05) is 13.6 Å². The summed E-state index contributed by atoms with van der Waals surface area (Å²) in [6.45, 7) is 2.75. The van der Waals surface area contributed by atoms with Crippen LogP contribution in [-0.2, 0) is 23.9 Å². The Kier molecular flexibility index (Phi) is 9.09. The second kappa shape index (κ2) is 12.2. The van der Waals surface area contributed by atoms with Gasteiger partial charge in [0.2, 0.25) is 5.91 Å². The Morgan fingerprint density at radius 2 is 1.93 bits per heavy atom. The number of aromatic nitrogens is 4. The van der Waals surface area contributed by atoms with Gasteiger partial charge < -0.3 is 20.2 Å². The fourth-order valence-corrected chi connectivity index (χ4v) is 4.86. The number of nitrogens with one attached hydrogen (secondary N) is 2. The van der Waals surface area contributed by atoms with E-state index in [-0.39, 0.29) is 39.9 Å². The second-order valence-corrected chi connectivity index (χ2v) is 10.5. The van der Waals surface area contributed by atoms with Crippen LogP contribution in [-0.4, -0.2) is 78.5 Å². The van der Waals surface area contributed by atoms with E-state index in [0.29, 0.717) is 29.4 Å². The van der Waals surface area contributed by atoms with Gasteiger partial charge in [-0.15, -0.1) is 0 Å². The Balaban J connectivity index is 1.67. The number of benzene rings is 1. The lowest BCUT2D eigenvalue weighted by Crippen LogP contribution is -2.46. The molecule has 3 N–H and O–H groups in total. The van der Waals surface area contributed by atoms with E-state index in [4.69, 9.17) is 23.2 Å². The number of carbonyl (C=O) groups is 3. The molecule has 0 fully saturated rings. The first-order valence-electron chi connectivity index (χ1n) is 12.6. The lowest BCUT2D eigenvalue weighted by Gasteiger charge is -2.34. The highest BCUT2D eigenvalue weighted by Crippen LogP contribution is 2.31. The molecule has 3 atom stereocenters. The van der Waals surface area contributed by atoms with Crippen LogP contribution in [0.1, 0.15) is 63.4 Å². The summed E-state index contributed by atoms with van der Waals surface area (Å²) in [5.74, 6) is -1.89. The van der Waals surface area contributed by atoms with Crippen molar-refractivity contribution in [1.29, 1.82) is 0 Å². The van der Waals surface area contributed by atoms with Gasteiger partial charge in [-0.3, -0.25) is 24.5 Å². The van der Waals surface area contributed by atoms with E-state index >= 15 is 0 Å². The second-order valence-electron chi connectivity index (χ2n) is 9.73. The highest BCUT2D eigenvalue weighted by Gasteiger charge is 2.37. The number of H-pyrrole nitrogens is 1. The van der Waals surface area contributed by atoms with Crippen molar-refractivity contribution in [3.05, 3.63) is 74.5 Å². The molecule has 4 rings (SSSR count). The highest BCUT2D eigenvalue weighted by atomic mass is 35.5. The van der Waals surface area contributed by atoms with Gasteiger partial charge >= 0.3 is 6.18 Å². The summed E-state index contributed by atoms with van der Waals surface area (Å²) in [6, 6.07) is 3.18. The van der Waals surface area contributed by atoms with Crippen LogP contribution in [0.5, 0.6) is 0 Å². The summed E-state index contributed by atoms with van der Waals surface area (Å²) in [5, 5.41) is 20.2. The quantitative estimate of drug-likeness (QED) is 0.364. The predicted octanol–water partition coefficient (Wildman–Crippen LogP) is 3.42. The molecule has 11 nitrogen and oxygen atoms in total. The summed E-state index contributed by atoms with van der Waals surface area (Å²) in [4.78, 5) is 49.2. The molecule has 16 heteroatoms. The van der Waals surface area contributed by atoms with Gasteiger partial charge in [0.05, 0.1) is 47.3 Å². The maximum Gasteiger partial charge on any atom is 0.434 e. The molecule has 2 aromatic heterocycles. The first-order chi connectivity index (χ1) is 19.7. The van der Waals surface area contributed by atoms with Crippen LogP contribution in [0.4, 0.5) is 13.2 Å². The SMILES string of the molecule is CNC(=O)[C@H](O)CN(C(=O)c1n[nH]c2c1CN(C(=O)c1ccc(Cl)c(Cl)c1)[C@H](C)C2)[C@@H](C)c1cnc(C(F)(F)F)cn1. The molecule has 224 valence electrons. The minimum absolute atomic E-state index is 0.00649. The number of aliphatic hydroxyl groups is 1. The fourth-order valence-electron chi connectivity index (χ4n) is 4.56. The van der Waals surface area contributed by atoms with E-state index in [2.05, 4.69) is 25.5 Å². The van der Waals surface area contributed by atoms with Gasteiger partial charge in [-0.25, -0.2) is 4.98 Å². The molecule has 0 aliphatic carbocycles. The molecule has 0 saturated carbocycles. The van der Waals surface area contributed by atoms with Crippen LogP contribution in [0.15, 0.2) is 30.6 Å². The monoisotopic (exact) mass is 627 g/mol. The molecule has 1 aliphatic rings. The molecule has 0 spiro atoms. The van der Waals surface area contributed by atoms with E-state index in [1.807, 2.05) is 6.92 Å². The Labute approximate surface area is 248 Å². The lowest BCUT2D eigenvalue weighted by atomic mass is 9.97. The van der Waals surface area contributed by atoms with Crippen molar-refractivity contribution < 1.29 is 32.7 Å². The van der Waals surface area contributed by atoms with Gasteiger partial charge in [0.15, 0.2) is 11.4 Å². The van der Waals surface area contributed by atoms with Crippen molar-refractivity contribution in [3.8, 4) is 0 Å². The number of hydrogen-bond acceptors (Lipinski definition) is 7. The van der Waals surface area contributed by atoms with E-state index < -0.39 is 42.4 Å². The molecule has 0 saturated heterocycles. The Hall–Kier alpha value is -3.75. The number of aromatic amines is 1. The minimum atomic E-state index is -4.72. The van der Waals surface area contributed by atoms with Crippen LogP contribution in [0.25, 0.3) is 0 Å². The zero-order valence-corrected chi connectivity index (χ0v) is 24.0. The number of amides is 3. The average molecular weight is 628 g/mol. The Morgan fingerprint density at radius 1 is 1.21 bits per heavy atom. The van der Waals surface area contributed by atoms with E-state index in [1.165, 1.54) is 32.2 Å². The standard InChI is InChI=1S/C26H26Cl2F3N7O4/c1-12-6-18-15(10-37(12)24(41)14-4-5-16(27)17(28)7-14)22(36-35-18)25(42)38(11-20(39)23(40)32-3)13(2)19-8-34-21(9-33-19)26(29,30)31/h4-5,7-9,12-13,20,39H,6,10-11H2,1-3H3,(H,32,40)(H,35,36)/t12-,13+,20-/m1/s1. The summed E-state index contributed by atoms with van der Waals surface area (Å²) >= 11 is 12.1. The van der Waals surface area contributed by atoms with Crippen LogP contribution in [0.2, 0.25) is 10.0 Å². The minimum Gasteiger partial charge on any atom is -0.381 e. The van der Waals surface area contributed by atoms with Gasteiger partial charge in [0.1, 0.15) is 6.10 Å². The molecule has 3 amide bonds. The van der Waals surface area contributed by atoms with Gasteiger partial charge in [-0.2, -0.15) is 18.3 Å². The zero-order valence-electron chi connectivity index (χ0n) is 22.5. The third-order valence-corrected chi connectivity index (χ3v) is 7.72. The van der Waals surface area contributed by atoms with Gasteiger partial charge in [-0.1, -0.05) is 23.2 Å². The topological polar surface area (TPSA) is 144 Å².